The van der Waals surface area contributed by atoms with E-state index in [2.05, 4.69) is 16.0 Å². The van der Waals surface area contributed by atoms with E-state index in [4.69, 9.17) is 0 Å². The number of amides is 3. The maximum Gasteiger partial charge on any atom is 0.227 e. The molecule has 0 fully saturated rings. The van der Waals surface area contributed by atoms with Gasteiger partial charge in [-0.15, -0.1) is 0 Å². The van der Waals surface area contributed by atoms with E-state index in [1.165, 1.54) is 0 Å². The molecule has 3 N–H and O–H groups in total. The van der Waals surface area contributed by atoms with Crippen LogP contribution in [0.25, 0.3) is 0 Å². The average Bonchev–Trinajstić information content (AvgIpc) is 2.65. The van der Waals surface area contributed by atoms with Gasteiger partial charge >= 0.3 is 0 Å². The average molecular weight is 376 g/mol. The first-order valence-corrected chi connectivity index (χ1v) is 9.79. The first kappa shape index (κ1) is 22.7. The number of anilines is 3. The number of hydrogen-bond donors (Lipinski definition) is 3. The Morgan fingerprint density at radius 2 is 0.852 bits per heavy atom. The topological polar surface area (TPSA) is 87.3 Å². The van der Waals surface area contributed by atoms with Gasteiger partial charge in [0.1, 0.15) is 0 Å². The molecule has 3 unspecified atom stereocenters. The monoisotopic (exact) mass is 375 g/mol. The number of carbonyl (C=O) groups is 3. The molecule has 0 aromatic heterocycles. The van der Waals surface area contributed by atoms with E-state index < -0.39 is 0 Å². The number of hydrogen-bond acceptors (Lipinski definition) is 3. The van der Waals surface area contributed by atoms with Crippen molar-refractivity contribution < 1.29 is 14.4 Å². The largest absolute Gasteiger partial charge is 0.326 e. The molecule has 1 rings (SSSR count). The van der Waals surface area contributed by atoms with Gasteiger partial charge in [0.25, 0.3) is 0 Å². The summed E-state index contributed by atoms with van der Waals surface area (Å²) in [7, 11) is 0. The molecular weight excluding hydrogens is 342 g/mol. The van der Waals surface area contributed by atoms with Crippen LogP contribution in [-0.4, -0.2) is 17.7 Å². The Kier molecular flexibility index (Phi) is 8.98. The van der Waals surface area contributed by atoms with Crippen molar-refractivity contribution >= 4 is 34.8 Å². The molecule has 0 saturated carbocycles. The quantitative estimate of drug-likeness (QED) is 0.587. The third kappa shape index (κ3) is 7.04. The Labute approximate surface area is 162 Å². The highest BCUT2D eigenvalue weighted by Gasteiger charge is 2.16. The van der Waals surface area contributed by atoms with E-state index in [1.54, 1.807) is 18.2 Å². The van der Waals surface area contributed by atoms with E-state index >= 15 is 0 Å². The summed E-state index contributed by atoms with van der Waals surface area (Å²) in [4.78, 5) is 36.7. The van der Waals surface area contributed by atoms with E-state index in [0.29, 0.717) is 17.1 Å². The molecule has 3 amide bonds. The Balaban J connectivity index is 3.11. The molecule has 27 heavy (non-hydrogen) atoms. The maximum atomic E-state index is 12.2. The molecule has 0 radical (unpaired) electrons. The highest BCUT2D eigenvalue weighted by Crippen LogP contribution is 2.25. The second-order valence-corrected chi connectivity index (χ2v) is 7.19. The standard InChI is InChI=1S/C21H33N3O3/c1-7-13(4)19(25)22-16-10-17(23-20(26)14(5)8-2)12-18(11-16)24-21(27)15(6)9-3/h10-15H,7-9H2,1-6H3,(H,22,25)(H,23,26)(H,24,27). The molecule has 0 aliphatic rings. The number of nitrogens with one attached hydrogen (secondary N) is 3. The van der Waals surface area contributed by atoms with Crippen molar-refractivity contribution in [2.75, 3.05) is 16.0 Å². The minimum absolute atomic E-state index is 0.0953. The van der Waals surface area contributed by atoms with Gasteiger partial charge in [-0.3, -0.25) is 14.4 Å². The van der Waals surface area contributed by atoms with Gasteiger partial charge in [-0.1, -0.05) is 41.5 Å². The number of carbonyl (C=O) groups excluding carboxylic acids is 3. The lowest BCUT2D eigenvalue weighted by Crippen LogP contribution is -2.23. The van der Waals surface area contributed by atoms with Gasteiger partial charge < -0.3 is 16.0 Å². The molecule has 0 saturated heterocycles. The summed E-state index contributed by atoms with van der Waals surface area (Å²) in [5.41, 5.74) is 1.63. The minimum Gasteiger partial charge on any atom is -0.326 e. The molecule has 0 heterocycles. The fourth-order valence-corrected chi connectivity index (χ4v) is 2.20. The summed E-state index contributed by atoms with van der Waals surface area (Å²) in [6.07, 6.45) is 2.19. The van der Waals surface area contributed by atoms with Crippen LogP contribution in [-0.2, 0) is 14.4 Å². The van der Waals surface area contributed by atoms with Crippen LogP contribution in [0.3, 0.4) is 0 Å². The molecule has 150 valence electrons. The van der Waals surface area contributed by atoms with E-state index in [0.717, 1.165) is 19.3 Å². The van der Waals surface area contributed by atoms with Gasteiger partial charge in [-0.25, -0.2) is 0 Å². The summed E-state index contributed by atoms with van der Waals surface area (Å²) < 4.78 is 0. The second kappa shape index (κ2) is 10.7. The predicted octanol–water partition coefficient (Wildman–Crippen LogP) is 4.64. The molecule has 6 heteroatoms. The number of benzene rings is 1. The smallest absolute Gasteiger partial charge is 0.227 e. The van der Waals surface area contributed by atoms with Crippen molar-refractivity contribution in [2.45, 2.75) is 60.8 Å². The Hall–Kier alpha value is -2.37. The number of rotatable bonds is 9. The SMILES string of the molecule is CCC(C)C(=O)Nc1cc(NC(=O)C(C)CC)cc(NC(=O)C(C)CC)c1. The van der Waals surface area contributed by atoms with Crippen molar-refractivity contribution in [2.24, 2.45) is 17.8 Å². The molecule has 3 atom stereocenters. The van der Waals surface area contributed by atoms with Crippen LogP contribution < -0.4 is 16.0 Å². The van der Waals surface area contributed by atoms with Crippen LogP contribution in [0.1, 0.15) is 60.8 Å². The van der Waals surface area contributed by atoms with Crippen LogP contribution >= 0.6 is 0 Å². The highest BCUT2D eigenvalue weighted by atomic mass is 16.2. The van der Waals surface area contributed by atoms with E-state index in [-0.39, 0.29) is 35.5 Å². The third-order valence-corrected chi connectivity index (χ3v) is 4.92. The molecule has 0 spiro atoms. The predicted molar refractivity (Wildman–Crippen MR) is 111 cm³/mol. The van der Waals surface area contributed by atoms with Crippen LogP contribution in [0.4, 0.5) is 17.1 Å². The summed E-state index contributed by atoms with van der Waals surface area (Å²) in [5, 5.41) is 8.59. The normalized spacial score (nSPS) is 14.0. The zero-order valence-corrected chi connectivity index (χ0v) is 17.3. The fraction of sp³-hybridized carbons (Fsp3) is 0.571. The summed E-state index contributed by atoms with van der Waals surface area (Å²) in [5.74, 6) is -0.657. The first-order chi connectivity index (χ1) is 12.7. The molecule has 0 bridgehead atoms. The molecule has 0 aliphatic carbocycles. The lowest BCUT2D eigenvalue weighted by molar-refractivity contribution is -0.120. The van der Waals surface area contributed by atoms with Crippen LogP contribution in [0.15, 0.2) is 18.2 Å². The van der Waals surface area contributed by atoms with Crippen LogP contribution in [0, 0.1) is 17.8 Å². The Morgan fingerprint density at radius 3 is 1.04 bits per heavy atom. The zero-order valence-electron chi connectivity index (χ0n) is 17.3. The molecule has 6 nitrogen and oxygen atoms in total. The van der Waals surface area contributed by atoms with Gasteiger partial charge in [0.05, 0.1) is 0 Å². The van der Waals surface area contributed by atoms with Gasteiger partial charge in [-0.05, 0) is 37.5 Å². The summed E-state index contributed by atoms with van der Waals surface area (Å²) >= 11 is 0. The zero-order chi connectivity index (χ0) is 20.6. The fourth-order valence-electron chi connectivity index (χ4n) is 2.20. The van der Waals surface area contributed by atoms with Crippen LogP contribution in [0.5, 0.6) is 0 Å². The minimum atomic E-state index is -0.124. The van der Waals surface area contributed by atoms with Gasteiger partial charge in [0, 0.05) is 34.8 Å². The second-order valence-electron chi connectivity index (χ2n) is 7.19. The Morgan fingerprint density at radius 1 is 0.630 bits per heavy atom. The maximum absolute atomic E-state index is 12.2. The first-order valence-electron chi connectivity index (χ1n) is 9.79. The summed E-state index contributed by atoms with van der Waals surface area (Å²) in [6, 6.07) is 5.12. The third-order valence-electron chi connectivity index (χ3n) is 4.92. The molecule has 1 aromatic rings. The van der Waals surface area contributed by atoms with Gasteiger partial charge in [0.2, 0.25) is 17.7 Å². The lowest BCUT2D eigenvalue weighted by Gasteiger charge is -2.16. The molecule has 1 aromatic carbocycles. The lowest BCUT2D eigenvalue weighted by atomic mass is 10.1. The van der Waals surface area contributed by atoms with Crippen molar-refractivity contribution in [3.63, 3.8) is 0 Å². The van der Waals surface area contributed by atoms with Crippen LogP contribution in [0.2, 0.25) is 0 Å². The molecular formula is C21H33N3O3. The highest BCUT2D eigenvalue weighted by molar-refractivity contribution is 5.99. The van der Waals surface area contributed by atoms with E-state index in [1.807, 2.05) is 41.5 Å². The summed E-state index contributed by atoms with van der Waals surface area (Å²) in [6.45, 7) is 11.4. The van der Waals surface area contributed by atoms with Crippen molar-refractivity contribution in [3.05, 3.63) is 18.2 Å². The van der Waals surface area contributed by atoms with E-state index in [9.17, 15) is 14.4 Å². The van der Waals surface area contributed by atoms with Gasteiger partial charge in [0.15, 0.2) is 0 Å². The van der Waals surface area contributed by atoms with Crippen molar-refractivity contribution in [1.82, 2.24) is 0 Å². The Bertz CT molecular complexity index is 570. The van der Waals surface area contributed by atoms with Gasteiger partial charge in [-0.2, -0.15) is 0 Å². The molecule has 0 aliphatic heterocycles. The van der Waals surface area contributed by atoms with Crippen molar-refractivity contribution in [1.29, 1.82) is 0 Å². The van der Waals surface area contributed by atoms with Crippen molar-refractivity contribution in [3.8, 4) is 0 Å².